The molecule has 0 aliphatic carbocycles. The molecule has 1 aromatic heterocycles. The smallest absolute Gasteiger partial charge is 0.270 e. The fourth-order valence-corrected chi connectivity index (χ4v) is 1.72. The van der Waals surface area contributed by atoms with E-state index in [0.29, 0.717) is 17.1 Å². The minimum absolute atomic E-state index is 0.0830. The standard InChI is InChI=1S/C12H17BrN2O/c1-9-5-3-7-14-11(9)12(16)15-8-4-6-10(2)13/h3,5,7,10H,4,6,8H2,1-2H3,(H,15,16). The van der Waals surface area contributed by atoms with E-state index in [-0.39, 0.29) is 5.91 Å². The first-order chi connectivity index (χ1) is 7.61. The lowest BCUT2D eigenvalue weighted by Crippen LogP contribution is -2.26. The van der Waals surface area contributed by atoms with Crippen molar-refractivity contribution in [3.63, 3.8) is 0 Å². The van der Waals surface area contributed by atoms with Crippen molar-refractivity contribution < 1.29 is 4.79 Å². The Bertz CT molecular complexity index is 353. The minimum Gasteiger partial charge on any atom is -0.351 e. The van der Waals surface area contributed by atoms with E-state index in [2.05, 4.69) is 33.2 Å². The molecule has 1 aromatic rings. The molecule has 4 heteroatoms. The van der Waals surface area contributed by atoms with Gasteiger partial charge in [-0.25, -0.2) is 0 Å². The third-order valence-electron chi connectivity index (χ3n) is 2.29. The second-order valence-corrected chi connectivity index (χ2v) is 5.41. The van der Waals surface area contributed by atoms with Gasteiger partial charge in [0.1, 0.15) is 5.69 Å². The summed E-state index contributed by atoms with van der Waals surface area (Å²) in [4.78, 5) is 16.3. The molecule has 1 amide bonds. The number of hydrogen-bond acceptors (Lipinski definition) is 2. The molecule has 0 radical (unpaired) electrons. The molecule has 0 fully saturated rings. The summed E-state index contributed by atoms with van der Waals surface area (Å²) in [6, 6.07) is 3.72. The van der Waals surface area contributed by atoms with Crippen LogP contribution in [0.1, 0.15) is 35.8 Å². The topological polar surface area (TPSA) is 42.0 Å². The first kappa shape index (κ1) is 13.2. The van der Waals surface area contributed by atoms with Gasteiger partial charge in [-0.1, -0.05) is 28.9 Å². The highest BCUT2D eigenvalue weighted by molar-refractivity contribution is 9.09. The Morgan fingerprint density at radius 3 is 3.00 bits per heavy atom. The number of pyridine rings is 1. The molecule has 1 rings (SSSR count). The lowest BCUT2D eigenvalue weighted by atomic mass is 10.2. The Morgan fingerprint density at radius 1 is 1.62 bits per heavy atom. The van der Waals surface area contributed by atoms with Gasteiger partial charge >= 0.3 is 0 Å². The zero-order valence-electron chi connectivity index (χ0n) is 9.66. The van der Waals surface area contributed by atoms with Gasteiger partial charge in [-0.3, -0.25) is 9.78 Å². The number of rotatable bonds is 5. The quantitative estimate of drug-likeness (QED) is 0.667. The summed E-state index contributed by atoms with van der Waals surface area (Å²) >= 11 is 3.47. The Morgan fingerprint density at radius 2 is 2.38 bits per heavy atom. The zero-order valence-corrected chi connectivity index (χ0v) is 11.3. The average Bonchev–Trinajstić information content (AvgIpc) is 2.24. The Kier molecular flexibility index (Phi) is 5.46. The van der Waals surface area contributed by atoms with E-state index in [4.69, 9.17) is 0 Å². The minimum atomic E-state index is -0.0830. The van der Waals surface area contributed by atoms with Gasteiger partial charge in [-0.2, -0.15) is 0 Å². The Hall–Kier alpha value is -0.900. The molecule has 88 valence electrons. The number of hydrogen-bond donors (Lipinski definition) is 1. The van der Waals surface area contributed by atoms with Crippen LogP contribution >= 0.6 is 15.9 Å². The van der Waals surface area contributed by atoms with E-state index in [9.17, 15) is 4.79 Å². The largest absolute Gasteiger partial charge is 0.351 e. The van der Waals surface area contributed by atoms with Crippen molar-refractivity contribution in [2.24, 2.45) is 0 Å². The monoisotopic (exact) mass is 284 g/mol. The van der Waals surface area contributed by atoms with E-state index < -0.39 is 0 Å². The predicted octanol–water partition coefficient (Wildman–Crippen LogP) is 2.68. The molecule has 16 heavy (non-hydrogen) atoms. The lowest BCUT2D eigenvalue weighted by molar-refractivity contribution is 0.0947. The molecule has 3 nitrogen and oxygen atoms in total. The number of aryl methyl sites for hydroxylation is 1. The molecule has 0 aromatic carbocycles. The molecular weight excluding hydrogens is 268 g/mol. The van der Waals surface area contributed by atoms with E-state index >= 15 is 0 Å². The van der Waals surface area contributed by atoms with Crippen LogP contribution in [0.2, 0.25) is 0 Å². The highest BCUT2D eigenvalue weighted by Crippen LogP contribution is 2.06. The van der Waals surface area contributed by atoms with E-state index in [1.807, 2.05) is 19.1 Å². The SMILES string of the molecule is Cc1cccnc1C(=O)NCCCC(C)Br. The molecule has 1 atom stereocenters. The molecule has 1 heterocycles. The maximum absolute atomic E-state index is 11.7. The molecule has 0 aliphatic heterocycles. The van der Waals surface area contributed by atoms with Gasteiger partial charge in [-0.15, -0.1) is 0 Å². The maximum atomic E-state index is 11.7. The summed E-state index contributed by atoms with van der Waals surface area (Å²) in [6.07, 6.45) is 3.67. The molecule has 0 bridgehead atoms. The third-order valence-corrected chi connectivity index (χ3v) is 2.75. The summed E-state index contributed by atoms with van der Waals surface area (Å²) in [5.74, 6) is -0.0830. The van der Waals surface area contributed by atoms with Crippen LogP contribution in [-0.2, 0) is 0 Å². The summed E-state index contributed by atoms with van der Waals surface area (Å²) in [5.41, 5.74) is 1.43. The number of nitrogens with zero attached hydrogens (tertiary/aromatic N) is 1. The van der Waals surface area contributed by atoms with Crippen molar-refractivity contribution in [1.82, 2.24) is 10.3 Å². The fourth-order valence-electron chi connectivity index (χ4n) is 1.39. The van der Waals surface area contributed by atoms with Crippen LogP contribution in [0, 0.1) is 6.92 Å². The van der Waals surface area contributed by atoms with Gasteiger partial charge in [0.05, 0.1) is 0 Å². The number of carbonyl (C=O) groups excluding carboxylic acids is 1. The normalized spacial score (nSPS) is 12.2. The summed E-state index contributed by atoms with van der Waals surface area (Å²) in [7, 11) is 0. The number of nitrogens with one attached hydrogen (secondary N) is 1. The van der Waals surface area contributed by atoms with Gasteiger partial charge in [0.2, 0.25) is 0 Å². The van der Waals surface area contributed by atoms with Crippen LogP contribution in [0.25, 0.3) is 0 Å². The van der Waals surface area contributed by atoms with Gasteiger partial charge in [0.25, 0.3) is 5.91 Å². The molecule has 1 unspecified atom stereocenters. The number of aromatic nitrogens is 1. The van der Waals surface area contributed by atoms with Crippen molar-refractivity contribution >= 4 is 21.8 Å². The number of halogens is 1. The summed E-state index contributed by atoms with van der Waals surface area (Å²) in [5, 5.41) is 2.87. The Labute approximate surface area is 105 Å². The molecular formula is C12H17BrN2O. The van der Waals surface area contributed by atoms with E-state index in [1.54, 1.807) is 6.20 Å². The molecule has 0 saturated carbocycles. The van der Waals surface area contributed by atoms with E-state index in [0.717, 1.165) is 18.4 Å². The summed E-state index contributed by atoms with van der Waals surface area (Å²) in [6.45, 7) is 4.69. The van der Waals surface area contributed by atoms with Crippen molar-refractivity contribution in [1.29, 1.82) is 0 Å². The van der Waals surface area contributed by atoms with Crippen LogP contribution < -0.4 is 5.32 Å². The molecule has 1 N–H and O–H groups in total. The van der Waals surface area contributed by atoms with Gasteiger partial charge in [-0.05, 0) is 31.4 Å². The van der Waals surface area contributed by atoms with Crippen molar-refractivity contribution in [3.05, 3.63) is 29.6 Å². The lowest BCUT2D eigenvalue weighted by Gasteiger charge is -2.07. The van der Waals surface area contributed by atoms with Crippen molar-refractivity contribution in [2.75, 3.05) is 6.54 Å². The second-order valence-electron chi connectivity index (χ2n) is 3.85. The molecule has 0 saturated heterocycles. The van der Waals surface area contributed by atoms with E-state index in [1.165, 1.54) is 0 Å². The van der Waals surface area contributed by atoms with Crippen molar-refractivity contribution in [3.8, 4) is 0 Å². The van der Waals surface area contributed by atoms with Crippen LogP contribution in [0.3, 0.4) is 0 Å². The fraction of sp³-hybridized carbons (Fsp3) is 0.500. The highest BCUT2D eigenvalue weighted by Gasteiger charge is 2.08. The van der Waals surface area contributed by atoms with Crippen LogP contribution in [0.5, 0.6) is 0 Å². The van der Waals surface area contributed by atoms with Crippen LogP contribution in [0.4, 0.5) is 0 Å². The number of alkyl halides is 1. The number of carbonyl (C=O) groups is 1. The Balaban J connectivity index is 2.39. The van der Waals surface area contributed by atoms with Crippen molar-refractivity contribution in [2.45, 2.75) is 31.5 Å². The van der Waals surface area contributed by atoms with Crippen LogP contribution in [0.15, 0.2) is 18.3 Å². The molecule has 0 spiro atoms. The highest BCUT2D eigenvalue weighted by atomic mass is 79.9. The second kappa shape index (κ2) is 6.63. The predicted molar refractivity (Wildman–Crippen MR) is 68.9 cm³/mol. The average molecular weight is 285 g/mol. The van der Waals surface area contributed by atoms with Crippen LogP contribution in [-0.4, -0.2) is 22.3 Å². The first-order valence-electron chi connectivity index (χ1n) is 5.45. The third kappa shape index (κ3) is 4.31. The molecule has 0 aliphatic rings. The zero-order chi connectivity index (χ0) is 12.0. The van der Waals surface area contributed by atoms with Gasteiger partial charge in [0, 0.05) is 17.6 Å². The first-order valence-corrected chi connectivity index (χ1v) is 6.36. The summed E-state index contributed by atoms with van der Waals surface area (Å²) < 4.78 is 0. The van der Waals surface area contributed by atoms with Gasteiger partial charge in [0.15, 0.2) is 0 Å². The van der Waals surface area contributed by atoms with Gasteiger partial charge < -0.3 is 5.32 Å². The number of amides is 1. The maximum Gasteiger partial charge on any atom is 0.270 e.